The van der Waals surface area contributed by atoms with Gasteiger partial charge in [-0.25, -0.2) is 4.98 Å². The number of nitrogens with zero attached hydrogens (tertiary/aromatic N) is 5. The smallest absolute Gasteiger partial charge is 0.279 e. The number of amides is 4. The van der Waals surface area contributed by atoms with E-state index < -0.39 is 39.9 Å². The number of hydrogen-bond donors (Lipinski definition) is 4. The maximum Gasteiger partial charge on any atom is 0.279 e. The summed E-state index contributed by atoms with van der Waals surface area (Å²) in [4.78, 5) is 72.9. The molecule has 7 rings (SSSR count). The maximum absolute atomic E-state index is 13.2. The average molecular weight is 868 g/mol. The fourth-order valence-corrected chi connectivity index (χ4v) is 9.28. The third-order valence-electron chi connectivity index (χ3n) is 11.2. The van der Waals surface area contributed by atoms with Gasteiger partial charge in [-0.05, 0) is 50.3 Å². The van der Waals surface area contributed by atoms with Gasteiger partial charge in [-0.3, -0.25) is 38.8 Å². The first-order valence-corrected chi connectivity index (χ1v) is 22.3. The molecule has 0 spiro atoms. The second kappa shape index (κ2) is 20.8. The zero-order valence-corrected chi connectivity index (χ0v) is 34.8. The number of piperidine rings is 2. The van der Waals surface area contributed by atoms with Crippen LogP contribution in [-0.4, -0.2) is 147 Å². The van der Waals surface area contributed by atoms with E-state index in [1.807, 2.05) is 0 Å². The summed E-state index contributed by atoms with van der Waals surface area (Å²) in [5.74, 6) is -1.79. The molecule has 1 aliphatic carbocycles. The first-order chi connectivity index (χ1) is 29.6. The topological polar surface area (TPSA) is 242 Å². The van der Waals surface area contributed by atoms with Gasteiger partial charge >= 0.3 is 0 Å². The van der Waals surface area contributed by atoms with Gasteiger partial charge in [-0.1, -0.05) is 18.9 Å². The van der Waals surface area contributed by atoms with Crippen LogP contribution in [-0.2, 0) is 38.7 Å². The standard InChI is InChI=1S/C40H53N9O11S/c50-33-10-9-32(37(52)45-33)49-38(53)30-6-3-7-31(35(30)39(49)54)41-14-18-57-20-22-59-24-25-60-23-21-58-19-15-43-61(55,56)47-16-12-28(13-17-47)44-40-42-26-27-8-11-34(51)48(36(27)46-40)29-4-1-2-5-29/h3,6-8,11,26,28-29,32,41,43H,1-2,4-5,9-10,12-25H2,(H,42,44,46)(H,45,50,52). The Labute approximate surface area is 353 Å². The number of fused-ring (bicyclic) bond motifs is 2. The molecule has 4 N–H and O–H groups in total. The molecule has 2 saturated heterocycles. The number of aromatic nitrogens is 3. The number of hydrogen-bond acceptors (Lipinski definition) is 15. The van der Waals surface area contributed by atoms with Crippen LogP contribution in [0.4, 0.5) is 11.6 Å². The monoisotopic (exact) mass is 867 g/mol. The van der Waals surface area contributed by atoms with E-state index >= 15 is 0 Å². The molecule has 3 fully saturated rings. The van der Waals surface area contributed by atoms with Crippen molar-refractivity contribution in [1.29, 1.82) is 0 Å². The number of nitrogens with one attached hydrogen (secondary N) is 4. The van der Waals surface area contributed by atoms with Crippen LogP contribution in [0, 0.1) is 0 Å². The molecule has 21 heteroatoms. The summed E-state index contributed by atoms with van der Waals surface area (Å²) in [7, 11) is -3.67. The number of carbonyl (C=O) groups is 4. The third-order valence-corrected chi connectivity index (χ3v) is 12.8. The molecule has 2 aromatic heterocycles. The highest BCUT2D eigenvalue weighted by molar-refractivity contribution is 7.87. The number of benzene rings is 1. The molecular weight excluding hydrogens is 815 g/mol. The van der Waals surface area contributed by atoms with Crippen LogP contribution in [0.1, 0.15) is 78.1 Å². The lowest BCUT2D eigenvalue weighted by Gasteiger charge is -2.31. The summed E-state index contributed by atoms with van der Waals surface area (Å²) in [6, 6.07) is 7.31. The molecule has 0 bridgehead atoms. The second-order valence-corrected chi connectivity index (χ2v) is 17.0. The molecule has 1 atom stereocenters. The van der Waals surface area contributed by atoms with Gasteiger partial charge in [0.1, 0.15) is 11.7 Å². The van der Waals surface area contributed by atoms with E-state index in [0.29, 0.717) is 96.0 Å². The molecule has 4 aliphatic rings. The van der Waals surface area contributed by atoms with Crippen LogP contribution < -0.4 is 26.2 Å². The van der Waals surface area contributed by atoms with Crippen molar-refractivity contribution in [2.45, 2.75) is 69.5 Å². The van der Waals surface area contributed by atoms with E-state index in [4.69, 9.17) is 23.9 Å². The number of pyridine rings is 1. The van der Waals surface area contributed by atoms with E-state index in [9.17, 15) is 32.4 Å². The van der Waals surface area contributed by atoms with Gasteiger partial charge in [0.25, 0.3) is 27.6 Å². The first kappa shape index (κ1) is 44.2. The Morgan fingerprint density at radius 1 is 0.770 bits per heavy atom. The van der Waals surface area contributed by atoms with Crippen LogP contribution in [0.25, 0.3) is 11.0 Å². The molecule has 1 unspecified atom stereocenters. The van der Waals surface area contributed by atoms with Crippen molar-refractivity contribution in [2.75, 3.05) is 89.7 Å². The number of imide groups is 2. The summed E-state index contributed by atoms with van der Waals surface area (Å²) >= 11 is 0. The molecule has 5 heterocycles. The average Bonchev–Trinajstić information content (AvgIpc) is 3.87. The molecule has 61 heavy (non-hydrogen) atoms. The van der Waals surface area contributed by atoms with Crippen molar-refractivity contribution in [3.05, 3.63) is 58.0 Å². The quantitative estimate of drug-likeness (QED) is 0.0820. The zero-order valence-electron chi connectivity index (χ0n) is 34.0. The highest BCUT2D eigenvalue weighted by Crippen LogP contribution is 2.33. The van der Waals surface area contributed by atoms with Gasteiger partial charge in [-0.15, -0.1) is 0 Å². The normalized spacial score (nSPS) is 19.2. The summed E-state index contributed by atoms with van der Waals surface area (Å²) in [5, 5.41) is 9.48. The Kier molecular flexibility index (Phi) is 15.0. The van der Waals surface area contributed by atoms with Crippen molar-refractivity contribution in [2.24, 2.45) is 0 Å². The SMILES string of the molecule is O=C1CCC(N2C(=O)c3cccc(NCCOCCOCCOCCOCCNS(=O)(=O)N4CCC(Nc5ncc6ccc(=O)n(C7CCCC7)c6n5)CC4)c3C2=O)C(=O)N1. The van der Waals surface area contributed by atoms with Gasteiger partial charge in [0.15, 0.2) is 0 Å². The fourth-order valence-electron chi connectivity index (χ4n) is 8.06. The van der Waals surface area contributed by atoms with Gasteiger partial charge in [0.2, 0.25) is 17.8 Å². The molecule has 3 aliphatic heterocycles. The Balaban J connectivity index is 0.692. The van der Waals surface area contributed by atoms with E-state index in [0.717, 1.165) is 36.0 Å². The van der Waals surface area contributed by atoms with Crippen LogP contribution in [0.15, 0.2) is 41.3 Å². The van der Waals surface area contributed by atoms with Crippen LogP contribution >= 0.6 is 0 Å². The van der Waals surface area contributed by atoms with Crippen LogP contribution in [0.5, 0.6) is 0 Å². The minimum absolute atomic E-state index is 0.00783. The number of ether oxygens (including phenoxy) is 4. The Hall–Kier alpha value is -4.90. The van der Waals surface area contributed by atoms with Gasteiger partial charge < -0.3 is 29.6 Å². The zero-order chi connectivity index (χ0) is 42.8. The highest BCUT2D eigenvalue weighted by atomic mass is 32.2. The lowest BCUT2D eigenvalue weighted by Crippen LogP contribution is -2.54. The Bertz CT molecular complexity index is 2230. The van der Waals surface area contributed by atoms with Crippen LogP contribution in [0.2, 0.25) is 0 Å². The minimum Gasteiger partial charge on any atom is -0.382 e. The predicted octanol–water partition coefficient (Wildman–Crippen LogP) is 1.20. The van der Waals surface area contributed by atoms with Gasteiger partial charge in [-0.2, -0.15) is 22.4 Å². The molecule has 0 radical (unpaired) electrons. The molecule has 4 amide bonds. The van der Waals surface area contributed by atoms with E-state index in [1.165, 1.54) is 10.4 Å². The summed E-state index contributed by atoms with van der Waals surface area (Å²) in [6.07, 6.45) is 7.15. The van der Waals surface area contributed by atoms with Crippen molar-refractivity contribution < 1.29 is 46.5 Å². The highest BCUT2D eigenvalue weighted by Gasteiger charge is 2.45. The van der Waals surface area contributed by atoms with Crippen molar-refractivity contribution in [3.63, 3.8) is 0 Å². The molecule has 1 aromatic carbocycles. The number of rotatable bonds is 22. The molecule has 3 aromatic rings. The fraction of sp³-hybridized carbons (Fsp3) is 0.575. The minimum atomic E-state index is -3.67. The molecule has 1 saturated carbocycles. The van der Waals surface area contributed by atoms with Crippen molar-refractivity contribution in [3.8, 4) is 0 Å². The van der Waals surface area contributed by atoms with E-state index in [1.54, 1.807) is 35.0 Å². The summed E-state index contributed by atoms with van der Waals surface area (Å²) in [6.45, 7) is 3.63. The molecule has 330 valence electrons. The van der Waals surface area contributed by atoms with Crippen molar-refractivity contribution >= 4 is 56.5 Å². The second-order valence-electron chi connectivity index (χ2n) is 15.2. The first-order valence-electron chi connectivity index (χ1n) is 20.9. The molecule has 20 nitrogen and oxygen atoms in total. The van der Waals surface area contributed by atoms with E-state index in [2.05, 4.69) is 25.7 Å². The van der Waals surface area contributed by atoms with Gasteiger partial charge in [0, 0.05) is 68.0 Å². The largest absolute Gasteiger partial charge is 0.382 e. The van der Waals surface area contributed by atoms with Crippen molar-refractivity contribution in [1.82, 2.24) is 33.8 Å². The van der Waals surface area contributed by atoms with Gasteiger partial charge in [0.05, 0.1) is 64.0 Å². The lowest BCUT2D eigenvalue weighted by atomic mass is 10.0. The molecular formula is C40H53N9O11S. The number of anilines is 2. The summed E-state index contributed by atoms with van der Waals surface area (Å²) < 4.78 is 53.8. The summed E-state index contributed by atoms with van der Waals surface area (Å²) in [5.41, 5.74) is 1.42. The predicted molar refractivity (Wildman–Crippen MR) is 221 cm³/mol. The van der Waals surface area contributed by atoms with Crippen LogP contribution in [0.3, 0.4) is 0 Å². The van der Waals surface area contributed by atoms with E-state index in [-0.39, 0.29) is 54.8 Å². The Morgan fingerprint density at radius 3 is 2.13 bits per heavy atom. The third kappa shape index (κ3) is 11.0. The number of carbonyl (C=O) groups excluding carboxylic acids is 4. The maximum atomic E-state index is 13.2. The lowest BCUT2D eigenvalue weighted by molar-refractivity contribution is -0.136. The Morgan fingerprint density at radius 2 is 1.44 bits per heavy atom.